The summed E-state index contributed by atoms with van der Waals surface area (Å²) in [5, 5.41) is 16.0. The first-order chi connectivity index (χ1) is 12.5. The lowest BCUT2D eigenvalue weighted by atomic mass is 10.1. The number of pyridine rings is 1. The predicted molar refractivity (Wildman–Crippen MR) is 91.4 cm³/mol. The molecule has 1 N–H and O–H groups in total. The van der Waals surface area contributed by atoms with Gasteiger partial charge in [-0.1, -0.05) is 16.4 Å². The minimum Gasteiger partial charge on any atom is -0.462 e. The molecule has 9 nitrogen and oxygen atoms in total. The Kier molecular flexibility index (Phi) is 6.68. The van der Waals surface area contributed by atoms with Crippen LogP contribution in [0.3, 0.4) is 0 Å². The van der Waals surface area contributed by atoms with E-state index in [1.54, 1.807) is 20.0 Å². The highest BCUT2D eigenvalue weighted by molar-refractivity contribution is 8.00. The SMILES string of the molecule is CCOC(=O)c1cc(C)nc(SCC(=O)Nc2c[n+](CC)no2)c1C#N. The van der Waals surface area contributed by atoms with Gasteiger partial charge in [0.1, 0.15) is 11.1 Å². The normalized spacial score (nSPS) is 10.2. The van der Waals surface area contributed by atoms with Crippen molar-refractivity contribution in [3.8, 4) is 6.07 Å². The van der Waals surface area contributed by atoms with Crippen LogP contribution in [0.25, 0.3) is 0 Å². The molecule has 0 aliphatic heterocycles. The van der Waals surface area contributed by atoms with E-state index < -0.39 is 5.97 Å². The third-order valence-electron chi connectivity index (χ3n) is 3.16. The number of aryl methyl sites for hydroxylation is 2. The number of thioether (sulfide) groups is 1. The second-order valence-corrected chi connectivity index (χ2v) is 6.05. The Hall–Kier alpha value is -2.93. The van der Waals surface area contributed by atoms with Gasteiger partial charge in [0.15, 0.2) is 6.54 Å². The van der Waals surface area contributed by atoms with Gasteiger partial charge < -0.3 is 4.74 Å². The van der Waals surface area contributed by atoms with E-state index in [1.807, 2.05) is 13.0 Å². The summed E-state index contributed by atoms with van der Waals surface area (Å²) in [6, 6.07) is 3.47. The van der Waals surface area contributed by atoms with Crippen LogP contribution in [0.4, 0.5) is 5.88 Å². The Bertz CT molecular complexity index is 859. The van der Waals surface area contributed by atoms with Gasteiger partial charge in [-0.25, -0.2) is 9.78 Å². The molecule has 0 aliphatic carbocycles. The highest BCUT2D eigenvalue weighted by Crippen LogP contribution is 2.24. The van der Waals surface area contributed by atoms with Crippen molar-refractivity contribution < 1.29 is 23.5 Å². The van der Waals surface area contributed by atoms with E-state index in [1.165, 1.54) is 10.7 Å². The summed E-state index contributed by atoms with van der Waals surface area (Å²) in [5.74, 6) is -0.728. The first kappa shape index (κ1) is 19.4. The minimum absolute atomic E-state index is 0.0137. The van der Waals surface area contributed by atoms with Gasteiger partial charge in [0.2, 0.25) is 11.2 Å². The Morgan fingerprint density at radius 1 is 1.46 bits per heavy atom. The molecule has 0 spiro atoms. The lowest BCUT2D eigenvalue weighted by Gasteiger charge is -2.09. The zero-order valence-corrected chi connectivity index (χ0v) is 15.4. The number of aromatic nitrogens is 3. The number of carbonyl (C=O) groups is 2. The number of ether oxygens (including phenoxy) is 1. The molecule has 2 aromatic heterocycles. The third kappa shape index (κ3) is 4.80. The zero-order valence-electron chi connectivity index (χ0n) is 14.6. The molecule has 136 valence electrons. The maximum atomic E-state index is 12.1. The van der Waals surface area contributed by atoms with Crippen molar-refractivity contribution in [3.63, 3.8) is 0 Å². The lowest BCUT2D eigenvalue weighted by molar-refractivity contribution is -0.759. The first-order valence-electron chi connectivity index (χ1n) is 7.86. The second-order valence-electron chi connectivity index (χ2n) is 5.08. The van der Waals surface area contributed by atoms with E-state index in [0.717, 1.165) is 11.8 Å². The summed E-state index contributed by atoms with van der Waals surface area (Å²) in [6.07, 6.45) is 1.56. The summed E-state index contributed by atoms with van der Waals surface area (Å²) < 4.78 is 11.5. The zero-order chi connectivity index (χ0) is 19.1. The molecule has 0 aliphatic rings. The van der Waals surface area contributed by atoms with Gasteiger partial charge in [-0.3, -0.25) is 14.6 Å². The number of nitrogens with zero attached hydrogens (tertiary/aromatic N) is 4. The van der Waals surface area contributed by atoms with Gasteiger partial charge in [-0.05, 0) is 26.8 Å². The summed E-state index contributed by atoms with van der Waals surface area (Å²) in [6.45, 7) is 6.09. The molecule has 2 aromatic rings. The molecule has 1 amide bonds. The van der Waals surface area contributed by atoms with Crippen LogP contribution < -0.4 is 10.00 Å². The Labute approximate surface area is 154 Å². The van der Waals surface area contributed by atoms with Crippen molar-refractivity contribution in [3.05, 3.63) is 29.1 Å². The molecule has 26 heavy (non-hydrogen) atoms. The van der Waals surface area contributed by atoms with E-state index in [2.05, 4.69) is 15.6 Å². The van der Waals surface area contributed by atoms with Crippen LogP contribution in [-0.2, 0) is 16.1 Å². The van der Waals surface area contributed by atoms with E-state index in [4.69, 9.17) is 9.26 Å². The van der Waals surface area contributed by atoms with Crippen LogP contribution in [0.15, 0.2) is 21.8 Å². The number of anilines is 1. The maximum Gasteiger partial charge on any atom is 0.339 e. The molecule has 0 bridgehead atoms. The van der Waals surface area contributed by atoms with Crippen molar-refractivity contribution in [2.24, 2.45) is 0 Å². The van der Waals surface area contributed by atoms with Gasteiger partial charge in [-0.2, -0.15) is 5.26 Å². The molecule has 2 rings (SSSR count). The van der Waals surface area contributed by atoms with Gasteiger partial charge >= 0.3 is 11.9 Å². The topological polar surface area (TPSA) is 122 Å². The van der Waals surface area contributed by atoms with Crippen LogP contribution in [0.2, 0.25) is 0 Å². The molecule has 0 radical (unpaired) electrons. The summed E-state index contributed by atoms with van der Waals surface area (Å²) in [5.41, 5.74) is 0.786. The molecule has 0 aromatic carbocycles. The minimum atomic E-state index is -0.591. The smallest absolute Gasteiger partial charge is 0.339 e. The summed E-state index contributed by atoms with van der Waals surface area (Å²) in [4.78, 5) is 28.3. The molecular weight excluding hydrogens is 358 g/mol. The first-order valence-corrected chi connectivity index (χ1v) is 8.85. The Morgan fingerprint density at radius 3 is 2.85 bits per heavy atom. The Balaban J connectivity index is 2.12. The van der Waals surface area contributed by atoms with Gasteiger partial charge in [0.25, 0.3) is 6.20 Å². The number of nitrogens with one attached hydrogen (secondary N) is 1. The fourth-order valence-electron chi connectivity index (χ4n) is 2.02. The number of esters is 1. The molecule has 2 heterocycles. The van der Waals surface area contributed by atoms with E-state index >= 15 is 0 Å². The quantitative estimate of drug-likeness (QED) is 0.438. The summed E-state index contributed by atoms with van der Waals surface area (Å²) in [7, 11) is 0. The van der Waals surface area contributed by atoms with Crippen molar-refractivity contribution >= 4 is 29.5 Å². The van der Waals surface area contributed by atoms with E-state index in [0.29, 0.717) is 17.3 Å². The standard InChI is InChI=1S/C16H17N5O4S/c1-4-21-8-14(25-20-21)19-13(22)9-26-15-12(7-17)11(6-10(3)18-15)16(23)24-5-2/h6,8H,4-5,9H2,1-3H3/p+1. The molecule has 0 saturated heterocycles. The molecular formula is C16H18N5O4S+. The van der Waals surface area contributed by atoms with Crippen LogP contribution in [-0.4, -0.2) is 34.5 Å². The number of hydrogen-bond acceptors (Lipinski definition) is 8. The molecule has 10 heteroatoms. The fraction of sp³-hybridized carbons (Fsp3) is 0.375. The number of nitriles is 1. The van der Waals surface area contributed by atoms with Gasteiger partial charge in [0.05, 0.1) is 23.5 Å². The Morgan fingerprint density at radius 2 is 2.23 bits per heavy atom. The second kappa shape index (κ2) is 8.96. The highest BCUT2D eigenvalue weighted by Gasteiger charge is 2.20. The van der Waals surface area contributed by atoms with Crippen LogP contribution >= 0.6 is 11.8 Å². The highest BCUT2D eigenvalue weighted by atomic mass is 32.2. The van der Waals surface area contributed by atoms with Crippen molar-refractivity contribution in [2.45, 2.75) is 32.3 Å². The van der Waals surface area contributed by atoms with Crippen LogP contribution in [0.5, 0.6) is 0 Å². The molecule has 0 atom stereocenters. The van der Waals surface area contributed by atoms with Crippen molar-refractivity contribution in [1.82, 2.24) is 10.3 Å². The number of hydrogen-bond donors (Lipinski definition) is 1. The molecule has 0 fully saturated rings. The number of rotatable bonds is 7. The summed E-state index contributed by atoms with van der Waals surface area (Å²) >= 11 is 1.05. The maximum absolute atomic E-state index is 12.1. The average Bonchev–Trinajstić information content (AvgIpc) is 3.07. The lowest BCUT2D eigenvalue weighted by Crippen LogP contribution is -2.32. The van der Waals surface area contributed by atoms with Crippen molar-refractivity contribution in [1.29, 1.82) is 5.26 Å². The monoisotopic (exact) mass is 376 g/mol. The van der Waals surface area contributed by atoms with Crippen LogP contribution in [0, 0.1) is 18.3 Å². The largest absolute Gasteiger partial charge is 0.462 e. The van der Waals surface area contributed by atoms with E-state index in [-0.39, 0.29) is 35.3 Å². The van der Waals surface area contributed by atoms with Crippen molar-refractivity contribution in [2.75, 3.05) is 17.7 Å². The van der Waals surface area contributed by atoms with Gasteiger partial charge in [0, 0.05) is 5.69 Å². The molecule has 0 saturated carbocycles. The van der Waals surface area contributed by atoms with Gasteiger partial charge in [-0.15, -0.1) is 0 Å². The van der Waals surface area contributed by atoms with E-state index in [9.17, 15) is 14.9 Å². The fourth-order valence-corrected chi connectivity index (χ4v) is 2.87. The average molecular weight is 376 g/mol. The predicted octanol–water partition coefficient (Wildman–Crippen LogP) is 1.46. The number of amides is 1. The third-order valence-corrected chi connectivity index (χ3v) is 4.13. The number of carbonyl (C=O) groups excluding carboxylic acids is 2. The van der Waals surface area contributed by atoms with Crippen LogP contribution in [0.1, 0.15) is 35.5 Å². The molecule has 0 unspecified atom stereocenters.